The summed E-state index contributed by atoms with van der Waals surface area (Å²) in [6, 6.07) is 9.14. The Kier molecular flexibility index (Phi) is 2.58. The maximum Gasteiger partial charge on any atom is 0.318 e. The lowest BCUT2D eigenvalue weighted by molar-refractivity contribution is -0.487. The predicted molar refractivity (Wildman–Crippen MR) is 55.5 cm³/mol. The summed E-state index contributed by atoms with van der Waals surface area (Å²) in [6.07, 6.45) is 3.56. The summed E-state index contributed by atoms with van der Waals surface area (Å²) in [5.41, 5.74) is 1.31. The van der Waals surface area contributed by atoms with E-state index >= 15 is 0 Å². The Hall–Kier alpha value is -1.94. The molecule has 3 rings (SSSR count). The normalized spacial score (nSPS) is 10.2. The molecule has 0 radical (unpaired) electrons. The molecule has 80 valence electrons. The van der Waals surface area contributed by atoms with Gasteiger partial charge in [0.2, 0.25) is 5.65 Å². The van der Waals surface area contributed by atoms with Crippen molar-refractivity contribution in [3.63, 3.8) is 0 Å². The van der Waals surface area contributed by atoms with Crippen LogP contribution < -0.4 is 22.4 Å². The lowest BCUT2D eigenvalue weighted by Gasteiger charge is -1.96. The molecule has 5 heteroatoms. The SMILES string of the molecule is O=c1[nH]c2cccc[n+]2c2ncccc12.[Cl-]. The van der Waals surface area contributed by atoms with Crippen LogP contribution in [0.25, 0.3) is 16.7 Å². The number of fused-ring (bicyclic) bond motifs is 3. The van der Waals surface area contributed by atoms with Crippen molar-refractivity contribution in [2.75, 3.05) is 0 Å². The summed E-state index contributed by atoms with van der Waals surface area (Å²) in [6.45, 7) is 0. The molecule has 0 atom stereocenters. The number of H-pyrrole nitrogens is 1. The smallest absolute Gasteiger partial charge is 0.318 e. The highest BCUT2D eigenvalue weighted by atomic mass is 35.5. The van der Waals surface area contributed by atoms with E-state index < -0.39 is 0 Å². The highest BCUT2D eigenvalue weighted by Gasteiger charge is 2.10. The van der Waals surface area contributed by atoms with Gasteiger partial charge in [0.1, 0.15) is 11.6 Å². The lowest BCUT2D eigenvalue weighted by atomic mass is 10.3. The minimum absolute atomic E-state index is 0. The standard InChI is InChI=1S/C11H7N3O.ClH/c15-11-8-4-3-6-12-10(8)14-7-2-1-5-9(14)13-11;/h1-7H;1H. The maximum absolute atomic E-state index is 11.7. The number of rotatable bonds is 0. The van der Waals surface area contributed by atoms with Crippen LogP contribution in [-0.4, -0.2) is 9.97 Å². The van der Waals surface area contributed by atoms with Crippen molar-refractivity contribution in [2.24, 2.45) is 0 Å². The lowest BCUT2D eigenvalue weighted by Crippen LogP contribution is -3.00. The molecule has 4 nitrogen and oxygen atoms in total. The predicted octanol–water partition coefficient (Wildman–Crippen LogP) is -2.33. The Morgan fingerprint density at radius 2 is 2.06 bits per heavy atom. The van der Waals surface area contributed by atoms with Gasteiger partial charge in [-0.25, -0.2) is 9.38 Å². The summed E-state index contributed by atoms with van der Waals surface area (Å²) in [5, 5.41) is 0.598. The third kappa shape index (κ3) is 1.44. The van der Waals surface area contributed by atoms with Crippen molar-refractivity contribution in [3.8, 4) is 0 Å². The van der Waals surface area contributed by atoms with Crippen LogP contribution in [0.4, 0.5) is 0 Å². The number of hydrogen-bond acceptors (Lipinski definition) is 2. The molecule has 0 bridgehead atoms. The third-order valence-electron chi connectivity index (χ3n) is 2.36. The largest absolute Gasteiger partial charge is 1.00 e. The molecule has 0 saturated carbocycles. The van der Waals surface area contributed by atoms with Crippen LogP contribution >= 0.6 is 0 Å². The van der Waals surface area contributed by atoms with Crippen molar-refractivity contribution in [1.29, 1.82) is 0 Å². The fourth-order valence-electron chi connectivity index (χ4n) is 1.68. The van der Waals surface area contributed by atoms with Crippen LogP contribution in [0.5, 0.6) is 0 Å². The van der Waals surface area contributed by atoms with Gasteiger partial charge in [0.15, 0.2) is 0 Å². The average Bonchev–Trinajstić information content (AvgIpc) is 2.30. The zero-order valence-corrected chi connectivity index (χ0v) is 8.98. The molecule has 0 unspecified atom stereocenters. The van der Waals surface area contributed by atoms with Crippen LogP contribution in [0.2, 0.25) is 0 Å². The molecular weight excluding hydrogens is 226 g/mol. The fourth-order valence-corrected chi connectivity index (χ4v) is 1.68. The van der Waals surface area contributed by atoms with Crippen LogP contribution in [0, 0.1) is 0 Å². The van der Waals surface area contributed by atoms with Crippen molar-refractivity contribution in [3.05, 3.63) is 53.1 Å². The minimum atomic E-state index is -0.107. The molecule has 0 spiro atoms. The van der Waals surface area contributed by atoms with Gasteiger partial charge in [0.25, 0.3) is 5.65 Å². The number of aromatic nitrogens is 3. The van der Waals surface area contributed by atoms with Gasteiger partial charge in [-0.1, -0.05) is 6.07 Å². The number of hydrogen-bond donors (Lipinski definition) is 1. The van der Waals surface area contributed by atoms with E-state index in [1.165, 1.54) is 0 Å². The molecule has 0 aliphatic carbocycles. The van der Waals surface area contributed by atoms with E-state index in [1.807, 2.05) is 28.8 Å². The monoisotopic (exact) mass is 233 g/mol. The number of aromatic amines is 1. The summed E-state index contributed by atoms with van der Waals surface area (Å²) < 4.78 is 1.86. The molecular formula is C11H8ClN3O. The average molecular weight is 234 g/mol. The Morgan fingerprint density at radius 1 is 1.19 bits per heavy atom. The van der Waals surface area contributed by atoms with Gasteiger partial charge in [-0.15, -0.1) is 4.98 Å². The van der Waals surface area contributed by atoms with E-state index in [0.717, 1.165) is 5.65 Å². The van der Waals surface area contributed by atoms with Crippen LogP contribution in [0.1, 0.15) is 0 Å². The summed E-state index contributed by atoms with van der Waals surface area (Å²) in [7, 11) is 0. The zero-order valence-electron chi connectivity index (χ0n) is 8.22. The van der Waals surface area contributed by atoms with Crippen molar-refractivity contribution in [1.82, 2.24) is 9.97 Å². The van der Waals surface area contributed by atoms with Crippen LogP contribution in [-0.2, 0) is 0 Å². The highest BCUT2D eigenvalue weighted by Crippen LogP contribution is 2.00. The van der Waals surface area contributed by atoms with E-state index in [1.54, 1.807) is 18.3 Å². The number of halogens is 1. The minimum Gasteiger partial charge on any atom is -1.00 e. The second kappa shape index (κ2) is 3.90. The Labute approximate surface area is 97.0 Å². The first-order chi connectivity index (χ1) is 7.36. The molecule has 0 fully saturated rings. The van der Waals surface area contributed by atoms with E-state index in [2.05, 4.69) is 9.97 Å². The van der Waals surface area contributed by atoms with Crippen molar-refractivity contribution < 1.29 is 16.8 Å². The van der Waals surface area contributed by atoms with Crippen LogP contribution in [0.15, 0.2) is 47.5 Å². The van der Waals surface area contributed by atoms with E-state index in [-0.39, 0.29) is 18.0 Å². The fraction of sp³-hybridized carbons (Fsp3) is 0. The van der Waals surface area contributed by atoms with Gasteiger partial charge in [-0.2, -0.15) is 0 Å². The zero-order chi connectivity index (χ0) is 10.3. The first kappa shape index (κ1) is 10.6. The molecule has 0 aliphatic rings. The van der Waals surface area contributed by atoms with Gasteiger partial charge in [-0.3, -0.25) is 4.79 Å². The number of nitrogens with one attached hydrogen (secondary N) is 1. The maximum atomic E-state index is 11.7. The summed E-state index contributed by atoms with van der Waals surface area (Å²) in [4.78, 5) is 18.7. The van der Waals surface area contributed by atoms with E-state index in [0.29, 0.717) is 11.0 Å². The molecule has 0 aliphatic heterocycles. The van der Waals surface area contributed by atoms with Gasteiger partial charge < -0.3 is 12.4 Å². The third-order valence-corrected chi connectivity index (χ3v) is 2.36. The molecule has 0 saturated heterocycles. The topological polar surface area (TPSA) is 49.9 Å². The number of pyridine rings is 2. The molecule has 3 aromatic heterocycles. The van der Waals surface area contributed by atoms with Crippen molar-refractivity contribution >= 4 is 16.7 Å². The van der Waals surface area contributed by atoms with Crippen LogP contribution in [0.3, 0.4) is 0 Å². The molecule has 0 aromatic carbocycles. The van der Waals surface area contributed by atoms with Gasteiger partial charge in [0, 0.05) is 6.07 Å². The highest BCUT2D eigenvalue weighted by molar-refractivity contribution is 5.70. The first-order valence-electron chi connectivity index (χ1n) is 4.64. The Morgan fingerprint density at radius 3 is 2.94 bits per heavy atom. The van der Waals surface area contributed by atoms with Gasteiger partial charge >= 0.3 is 5.56 Å². The Bertz CT molecular complexity index is 708. The quantitative estimate of drug-likeness (QED) is 0.350. The summed E-state index contributed by atoms with van der Waals surface area (Å²) >= 11 is 0. The number of nitrogens with zero attached hydrogens (tertiary/aromatic N) is 2. The van der Waals surface area contributed by atoms with Gasteiger partial charge in [-0.05, 0) is 18.2 Å². The van der Waals surface area contributed by atoms with Gasteiger partial charge in [0.05, 0.1) is 6.20 Å². The Balaban J connectivity index is 0.000000963. The van der Waals surface area contributed by atoms with Crippen molar-refractivity contribution in [2.45, 2.75) is 0 Å². The molecule has 16 heavy (non-hydrogen) atoms. The molecule has 1 N–H and O–H groups in total. The molecule has 3 aromatic rings. The first-order valence-corrected chi connectivity index (χ1v) is 4.64. The second-order valence-electron chi connectivity index (χ2n) is 3.28. The summed E-state index contributed by atoms with van der Waals surface area (Å²) in [5.74, 6) is 0. The molecule has 3 heterocycles. The van der Waals surface area contributed by atoms with E-state index in [9.17, 15) is 4.79 Å². The second-order valence-corrected chi connectivity index (χ2v) is 3.28. The molecule has 0 amide bonds. The van der Waals surface area contributed by atoms with E-state index in [4.69, 9.17) is 0 Å².